The first-order chi connectivity index (χ1) is 16.6. The van der Waals surface area contributed by atoms with Crippen LogP contribution in [0.1, 0.15) is 24.8 Å². The predicted octanol–water partition coefficient (Wildman–Crippen LogP) is -1.47. The van der Waals surface area contributed by atoms with E-state index in [1.54, 1.807) is 24.3 Å². The highest BCUT2D eigenvalue weighted by Gasteiger charge is 2.25. The number of nitrogens with zero attached hydrogens (tertiary/aromatic N) is 1. The Labute approximate surface area is 208 Å². The number of rotatable bonds is 16. The second-order valence-corrected chi connectivity index (χ2v) is 8.75. The van der Waals surface area contributed by atoms with Crippen molar-refractivity contribution in [3.63, 3.8) is 0 Å². The molecule has 0 radical (unpaired) electrons. The molecule has 0 bridgehead atoms. The summed E-state index contributed by atoms with van der Waals surface area (Å²) in [5.41, 5.74) is 17.3. The van der Waals surface area contributed by atoms with Gasteiger partial charge in [0.25, 0.3) is 0 Å². The molecular formula is C22H35N7O5S. The minimum Gasteiger partial charge on any atom is -0.480 e. The zero-order chi connectivity index (χ0) is 26.2. The van der Waals surface area contributed by atoms with E-state index in [0.29, 0.717) is 25.1 Å². The molecule has 1 rings (SSSR count). The Kier molecular flexibility index (Phi) is 13.9. The Hall–Kier alpha value is -3.32. The number of carbonyl (C=O) groups is 4. The van der Waals surface area contributed by atoms with Crippen molar-refractivity contribution < 1.29 is 24.3 Å². The average molecular weight is 510 g/mol. The smallest absolute Gasteiger partial charge is 0.326 e. The summed E-state index contributed by atoms with van der Waals surface area (Å²) in [6.07, 6.45) is 3.04. The van der Waals surface area contributed by atoms with Crippen LogP contribution in [0.4, 0.5) is 0 Å². The third-order valence-corrected chi connectivity index (χ3v) is 5.53. The lowest BCUT2D eigenvalue weighted by Crippen LogP contribution is -2.54. The summed E-state index contributed by atoms with van der Waals surface area (Å²) in [6, 6.07) is 6.10. The molecular weight excluding hydrogens is 474 g/mol. The van der Waals surface area contributed by atoms with Crippen LogP contribution in [-0.4, -0.2) is 78.0 Å². The van der Waals surface area contributed by atoms with Gasteiger partial charge in [-0.1, -0.05) is 30.3 Å². The van der Waals surface area contributed by atoms with Gasteiger partial charge in [0.15, 0.2) is 5.96 Å². The number of hydrogen-bond donors (Lipinski definition) is 7. The fraction of sp³-hybridized carbons (Fsp3) is 0.500. The van der Waals surface area contributed by atoms with Gasteiger partial charge in [-0.25, -0.2) is 4.79 Å². The van der Waals surface area contributed by atoms with Crippen molar-refractivity contribution in [1.29, 1.82) is 0 Å². The first kappa shape index (κ1) is 29.7. The number of hydrogen-bond acceptors (Lipinski definition) is 7. The Morgan fingerprint density at radius 1 is 1.03 bits per heavy atom. The molecule has 35 heavy (non-hydrogen) atoms. The number of aliphatic carboxylic acids is 1. The van der Waals surface area contributed by atoms with Gasteiger partial charge in [0.2, 0.25) is 17.7 Å². The van der Waals surface area contributed by atoms with Crippen LogP contribution in [-0.2, 0) is 25.6 Å². The van der Waals surface area contributed by atoms with Gasteiger partial charge in [0.05, 0.1) is 12.6 Å². The fourth-order valence-corrected chi connectivity index (χ4v) is 3.49. The number of aliphatic imine (C=N–C) groups is 1. The fourth-order valence-electron chi connectivity index (χ4n) is 3.02. The number of benzene rings is 1. The highest BCUT2D eigenvalue weighted by atomic mass is 32.2. The number of carbonyl (C=O) groups excluding carboxylic acids is 3. The summed E-state index contributed by atoms with van der Waals surface area (Å²) >= 11 is 1.46. The number of nitrogens with two attached hydrogens (primary N) is 3. The Bertz CT molecular complexity index is 865. The van der Waals surface area contributed by atoms with Gasteiger partial charge < -0.3 is 38.3 Å². The third kappa shape index (κ3) is 12.6. The van der Waals surface area contributed by atoms with Gasteiger partial charge in [-0.2, -0.15) is 11.8 Å². The first-order valence-electron chi connectivity index (χ1n) is 11.1. The lowest BCUT2D eigenvalue weighted by Gasteiger charge is -2.21. The van der Waals surface area contributed by atoms with Gasteiger partial charge in [0, 0.05) is 13.0 Å². The third-order valence-electron chi connectivity index (χ3n) is 4.89. The Morgan fingerprint density at radius 2 is 1.71 bits per heavy atom. The van der Waals surface area contributed by atoms with Crippen LogP contribution < -0.4 is 33.2 Å². The number of thioether (sulfide) groups is 1. The predicted molar refractivity (Wildman–Crippen MR) is 136 cm³/mol. The number of carboxylic acids is 1. The highest BCUT2D eigenvalue weighted by molar-refractivity contribution is 7.98. The monoisotopic (exact) mass is 509 g/mol. The van der Waals surface area contributed by atoms with Crippen molar-refractivity contribution in [1.82, 2.24) is 16.0 Å². The van der Waals surface area contributed by atoms with Crippen LogP contribution in [0.25, 0.3) is 0 Å². The maximum atomic E-state index is 12.8. The normalized spacial score (nSPS) is 13.1. The van der Waals surface area contributed by atoms with E-state index in [4.69, 9.17) is 17.2 Å². The zero-order valence-electron chi connectivity index (χ0n) is 19.7. The first-order valence-corrected chi connectivity index (χ1v) is 12.5. The molecule has 0 heterocycles. The molecule has 0 aliphatic carbocycles. The molecule has 0 saturated carbocycles. The zero-order valence-corrected chi connectivity index (χ0v) is 20.6. The average Bonchev–Trinajstić information content (AvgIpc) is 2.82. The lowest BCUT2D eigenvalue weighted by molar-refractivity contribution is -0.141. The highest BCUT2D eigenvalue weighted by Crippen LogP contribution is 2.05. The molecule has 12 nitrogen and oxygen atoms in total. The van der Waals surface area contributed by atoms with E-state index in [1.807, 2.05) is 12.3 Å². The van der Waals surface area contributed by atoms with Crippen molar-refractivity contribution >= 4 is 41.4 Å². The maximum Gasteiger partial charge on any atom is 0.326 e. The van der Waals surface area contributed by atoms with E-state index in [2.05, 4.69) is 20.9 Å². The number of amides is 3. The molecule has 1 aromatic rings. The van der Waals surface area contributed by atoms with Gasteiger partial charge in [0.1, 0.15) is 12.1 Å². The second kappa shape index (κ2) is 16.3. The Morgan fingerprint density at radius 3 is 2.31 bits per heavy atom. The molecule has 1 aromatic carbocycles. The molecule has 0 aromatic heterocycles. The van der Waals surface area contributed by atoms with Crippen LogP contribution in [0.2, 0.25) is 0 Å². The summed E-state index contributed by atoms with van der Waals surface area (Å²) in [7, 11) is 0. The van der Waals surface area contributed by atoms with E-state index >= 15 is 0 Å². The molecule has 10 N–H and O–H groups in total. The summed E-state index contributed by atoms with van der Waals surface area (Å²) in [6.45, 7) is -0.117. The quantitative estimate of drug-likeness (QED) is 0.0785. The van der Waals surface area contributed by atoms with Crippen molar-refractivity contribution in [2.75, 3.05) is 25.1 Å². The summed E-state index contributed by atoms with van der Waals surface area (Å²) in [5.74, 6) is -2.42. The van der Waals surface area contributed by atoms with E-state index in [1.165, 1.54) is 11.8 Å². The summed E-state index contributed by atoms with van der Waals surface area (Å²) in [5, 5.41) is 16.7. The number of carboxylic acid groups (broad SMARTS) is 1. The largest absolute Gasteiger partial charge is 0.480 e. The molecule has 13 heteroatoms. The molecule has 0 saturated heterocycles. The molecule has 3 unspecified atom stereocenters. The molecule has 0 spiro atoms. The maximum absolute atomic E-state index is 12.8. The van der Waals surface area contributed by atoms with Crippen molar-refractivity contribution in [2.45, 2.75) is 43.8 Å². The number of nitrogens with one attached hydrogen (secondary N) is 3. The van der Waals surface area contributed by atoms with Gasteiger partial charge in [-0.05, 0) is 36.8 Å². The van der Waals surface area contributed by atoms with Crippen LogP contribution in [0.15, 0.2) is 35.3 Å². The topological polar surface area (TPSA) is 215 Å². The Balaban J connectivity index is 2.74. The summed E-state index contributed by atoms with van der Waals surface area (Å²) < 4.78 is 0. The molecule has 3 amide bonds. The molecule has 194 valence electrons. The minimum absolute atomic E-state index is 0.0504. The molecule has 0 fully saturated rings. The van der Waals surface area contributed by atoms with Gasteiger partial charge >= 0.3 is 5.97 Å². The van der Waals surface area contributed by atoms with Gasteiger partial charge in [-0.15, -0.1) is 0 Å². The van der Waals surface area contributed by atoms with Crippen molar-refractivity contribution in [2.24, 2.45) is 22.2 Å². The van der Waals surface area contributed by atoms with Crippen LogP contribution >= 0.6 is 11.8 Å². The number of guanidine groups is 1. The van der Waals surface area contributed by atoms with E-state index in [0.717, 1.165) is 5.56 Å². The second-order valence-electron chi connectivity index (χ2n) is 7.76. The van der Waals surface area contributed by atoms with Crippen LogP contribution in [0.5, 0.6) is 0 Å². The standard InChI is InChI=1S/C22H35N7O5S/c1-35-11-9-16(21(33)34)28-18(30)13-27-20(32)17(12-14-6-3-2-4-7-14)29-19(31)15(23)8-5-10-26-22(24)25/h2-4,6-7,15-17H,5,8-13,23H2,1H3,(H,27,32)(H,28,30)(H,29,31)(H,33,34)(H4,24,25,26). The molecule has 3 atom stereocenters. The van der Waals surface area contributed by atoms with E-state index in [9.17, 15) is 24.3 Å². The van der Waals surface area contributed by atoms with Crippen LogP contribution in [0, 0.1) is 0 Å². The molecule has 0 aliphatic rings. The van der Waals surface area contributed by atoms with Crippen LogP contribution in [0.3, 0.4) is 0 Å². The van der Waals surface area contributed by atoms with E-state index < -0.39 is 48.4 Å². The minimum atomic E-state index is -1.15. The summed E-state index contributed by atoms with van der Waals surface area (Å²) in [4.78, 5) is 52.8. The lowest BCUT2D eigenvalue weighted by atomic mass is 10.0. The van der Waals surface area contributed by atoms with Gasteiger partial charge in [-0.3, -0.25) is 19.4 Å². The van der Waals surface area contributed by atoms with Crippen molar-refractivity contribution in [3.05, 3.63) is 35.9 Å². The molecule has 0 aliphatic heterocycles. The van der Waals surface area contributed by atoms with E-state index in [-0.39, 0.29) is 18.8 Å². The SMILES string of the molecule is CSCCC(NC(=O)CNC(=O)C(Cc1ccccc1)NC(=O)C(N)CCCN=C(N)N)C(=O)O. The van der Waals surface area contributed by atoms with Crippen molar-refractivity contribution in [3.8, 4) is 0 Å².